The summed E-state index contributed by atoms with van der Waals surface area (Å²) < 4.78 is 7.79. The van der Waals surface area contributed by atoms with Crippen molar-refractivity contribution in [2.24, 2.45) is 13.0 Å². The molecular formula is C14H20N2O3. The van der Waals surface area contributed by atoms with Gasteiger partial charge in [0.2, 0.25) is 0 Å². The number of hydrogen-bond acceptors (Lipinski definition) is 3. The molecule has 1 fully saturated rings. The number of carboxylic acids is 1. The predicted octanol–water partition coefficient (Wildman–Crippen LogP) is 1.50. The molecule has 3 unspecified atom stereocenters. The zero-order valence-corrected chi connectivity index (χ0v) is 11.4. The van der Waals surface area contributed by atoms with E-state index in [-0.39, 0.29) is 12.0 Å². The highest BCUT2D eigenvalue weighted by Crippen LogP contribution is 2.34. The van der Waals surface area contributed by atoms with Crippen LogP contribution in [0.4, 0.5) is 0 Å². The van der Waals surface area contributed by atoms with Crippen molar-refractivity contribution in [2.45, 2.75) is 44.6 Å². The van der Waals surface area contributed by atoms with Gasteiger partial charge in [0.05, 0.1) is 17.7 Å². The Labute approximate surface area is 112 Å². The lowest BCUT2D eigenvalue weighted by Crippen LogP contribution is -2.22. The summed E-state index contributed by atoms with van der Waals surface area (Å²) in [5.74, 6) is 0.447. The average Bonchev–Trinajstić information content (AvgIpc) is 2.93. The van der Waals surface area contributed by atoms with Crippen molar-refractivity contribution in [3.05, 3.63) is 17.2 Å². The van der Waals surface area contributed by atoms with E-state index < -0.39 is 5.97 Å². The van der Waals surface area contributed by atoms with Crippen LogP contribution in [0, 0.1) is 5.92 Å². The summed E-state index contributed by atoms with van der Waals surface area (Å²) in [5.41, 5.74) is 2.20. The van der Waals surface area contributed by atoms with Gasteiger partial charge in [0.15, 0.2) is 0 Å². The summed E-state index contributed by atoms with van der Waals surface area (Å²) >= 11 is 0. The lowest BCUT2D eigenvalue weighted by Gasteiger charge is -2.18. The fourth-order valence-electron chi connectivity index (χ4n) is 3.34. The maximum absolute atomic E-state index is 11.1. The van der Waals surface area contributed by atoms with Crippen LogP contribution in [0.1, 0.15) is 42.9 Å². The summed E-state index contributed by atoms with van der Waals surface area (Å²) in [6.45, 7) is 2.88. The van der Waals surface area contributed by atoms with Gasteiger partial charge in [-0.3, -0.25) is 4.79 Å². The topological polar surface area (TPSA) is 64.4 Å². The zero-order chi connectivity index (χ0) is 13.6. The van der Waals surface area contributed by atoms with Crippen LogP contribution >= 0.6 is 0 Å². The van der Waals surface area contributed by atoms with Gasteiger partial charge in [-0.15, -0.1) is 0 Å². The Kier molecular flexibility index (Phi) is 3.09. The van der Waals surface area contributed by atoms with E-state index >= 15 is 0 Å². The Morgan fingerprint density at radius 2 is 2.26 bits per heavy atom. The van der Waals surface area contributed by atoms with Gasteiger partial charge in [-0.05, 0) is 26.2 Å². The number of nitrogens with zero attached hydrogens (tertiary/aromatic N) is 2. The first-order valence-electron chi connectivity index (χ1n) is 6.96. The molecule has 1 N–H and O–H groups in total. The summed E-state index contributed by atoms with van der Waals surface area (Å²) in [5, 5.41) is 9.14. The van der Waals surface area contributed by atoms with E-state index in [1.807, 2.05) is 7.05 Å². The van der Waals surface area contributed by atoms with Crippen LogP contribution in [-0.4, -0.2) is 33.3 Å². The average molecular weight is 264 g/mol. The Morgan fingerprint density at radius 3 is 2.89 bits per heavy atom. The largest absolute Gasteiger partial charge is 0.481 e. The number of hydrogen-bond donors (Lipinski definition) is 1. The smallest absolute Gasteiger partial charge is 0.306 e. The number of rotatable bonds is 2. The third-order valence-corrected chi connectivity index (χ3v) is 4.56. The van der Waals surface area contributed by atoms with Gasteiger partial charge in [-0.2, -0.15) is 0 Å². The van der Waals surface area contributed by atoms with Crippen molar-refractivity contribution in [1.29, 1.82) is 0 Å². The van der Waals surface area contributed by atoms with Gasteiger partial charge in [0, 0.05) is 31.7 Å². The van der Waals surface area contributed by atoms with Crippen molar-refractivity contribution >= 4 is 5.97 Å². The van der Waals surface area contributed by atoms with E-state index in [4.69, 9.17) is 14.8 Å². The normalized spacial score (nSPS) is 30.3. The predicted molar refractivity (Wildman–Crippen MR) is 69.1 cm³/mol. The van der Waals surface area contributed by atoms with Gasteiger partial charge < -0.3 is 14.4 Å². The maximum Gasteiger partial charge on any atom is 0.306 e. The number of carbonyl (C=O) groups is 1. The maximum atomic E-state index is 11.1. The quantitative estimate of drug-likeness (QED) is 0.879. The molecule has 0 radical (unpaired) electrons. The standard InChI is InChI=1S/C14H20N2O3/c1-8-10(5-6-19-8)13-15-11-7-9(14(17)18)3-4-12(11)16(13)2/h8-10H,3-7H2,1-2H3,(H,17,18). The number of aromatic nitrogens is 2. The van der Waals surface area contributed by atoms with Crippen molar-refractivity contribution in [3.8, 4) is 0 Å². The molecule has 1 aliphatic carbocycles. The van der Waals surface area contributed by atoms with Crippen molar-refractivity contribution in [1.82, 2.24) is 9.55 Å². The Balaban J connectivity index is 1.91. The number of aliphatic carboxylic acids is 1. The molecule has 0 spiro atoms. The molecule has 1 aromatic rings. The molecule has 1 aliphatic heterocycles. The van der Waals surface area contributed by atoms with E-state index in [0.29, 0.717) is 12.3 Å². The number of carboxylic acid groups (broad SMARTS) is 1. The summed E-state index contributed by atoms with van der Waals surface area (Å²) in [7, 11) is 2.05. The minimum absolute atomic E-state index is 0.206. The number of ether oxygens (including phenoxy) is 1. The van der Waals surface area contributed by atoms with Crippen LogP contribution in [0.2, 0.25) is 0 Å². The molecule has 0 saturated carbocycles. The first kappa shape index (κ1) is 12.7. The van der Waals surface area contributed by atoms with E-state index in [1.54, 1.807) is 0 Å². The van der Waals surface area contributed by atoms with Crippen LogP contribution < -0.4 is 0 Å². The molecule has 0 aromatic carbocycles. The number of imidazole rings is 1. The van der Waals surface area contributed by atoms with E-state index in [2.05, 4.69) is 11.5 Å². The van der Waals surface area contributed by atoms with Crippen LogP contribution in [0.25, 0.3) is 0 Å². The lowest BCUT2D eigenvalue weighted by molar-refractivity contribution is -0.142. The molecule has 3 atom stereocenters. The van der Waals surface area contributed by atoms with Crippen LogP contribution in [0.5, 0.6) is 0 Å². The Bertz CT molecular complexity index is 509. The summed E-state index contributed by atoms with van der Waals surface area (Å²) in [4.78, 5) is 15.8. The van der Waals surface area contributed by atoms with Crippen molar-refractivity contribution in [2.75, 3.05) is 6.61 Å². The van der Waals surface area contributed by atoms with Crippen molar-refractivity contribution < 1.29 is 14.6 Å². The highest BCUT2D eigenvalue weighted by atomic mass is 16.5. The van der Waals surface area contributed by atoms with E-state index in [0.717, 1.165) is 37.4 Å². The summed E-state index contributed by atoms with van der Waals surface area (Å²) in [6, 6.07) is 0. The second-order valence-electron chi connectivity index (χ2n) is 5.67. The van der Waals surface area contributed by atoms with Crippen LogP contribution in [0.15, 0.2) is 0 Å². The van der Waals surface area contributed by atoms with E-state index in [1.165, 1.54) is 5.69 Å². The zero-order valence-electron chi connectivity index (χ0n) is 11.4. The first-order chi connectivity index (χ1) is 9.08. The molecule has 104 valence electrons. The fourth-order valence-corrected chi connectivity index (χ4v) is 3.34. The number of fused-ring (bicyclic) bond motifs is 1. The van der Waals surface area contributed by atoms with E-state index in [9.17, 15) is 4.79 Å². The molecule has 2 heterocycles. The SMILES string of the molecule is CC1OCCC1c1nc2c(n1C)CCC(C(=O)O)C2. The Morgan fingerprint density at radius 1 is 1.47 bits per heavy atom. The molecule has 1 saturated heterocycles. The molecule has 5 nitrogen and oxygen atoms in total. The monoisotopic (exact) mass is 264 g/mol. The first-order valence-corrected chi connectivity index (χ1v) is 6.96. The van der Waals surface area contributed by atoms with Gasteiger partial charge >= 0.3 is 5.97 Å². The summed E-state index contributed by atoms with van der Waals surface area (Å²) in [6.07, 6.45) is 3.32. The molecule has 3 rings (SSSR count). The second kappa shape index (κ2) is 4.63. The van der Waals surface area contributed by atoms with Gasteiger partial charge in [0.1, 0.15) is 5.82 Å². The van der Waals surface area contributed by atoms with Gasteiger partial charge in [-0.25, -0.2) is 4.98 Å². The highest BCUT2D eigenvalue weighted by Gasteiger charge is 2.33. The molecular weight excluding hydrogens is 244 g/mol. The molecule has 0 bridgehead atoms. The Hall–Kier alpha value is -1.36. The third-order valence-electron chi connectivity index (χ3n) is 4.56. The molecule has 19 heavy (non-hydrogen) atoms. The lowest BCUT2D eigenvalue weighted by atomic mass is 9.90. The van der Waals surface area contributed by atoms with Crippen molar-refractivity contribution in [3.63, 3.8) is 0 Å². The highest BCUT2D eigenvalue weighted by molar-refractivity contribution is 5.70. The third kappa shape index (κ3) is 2.06. The molecule has 5 heteroatoms. The van der Waals surface area contributed by atoms with Crippen LogP contribution in [-0.2, 0) is 29.4 Å². The molecule has 0 amide bonds. The molecule has 2 aliphatic rings. The fraction of sp³-hybridized carbons (Fsp3) is 0.714. The minimum atomic E-state index is -0.699. The van der Waals surface area contributed by atoms with Gasteiger partial charge in [0.25, 0.3) is 0 Å². The minimum Gasteiger partial charge on any atom is -0.481 e. The van der Waals surface area contributed by atoms with Gasteiger partial charge in [-0.1, -0.05) is 0 Å². The molecule has 1 aromatic heterocycles. The second-order valence-corrected chi connectivity index (χ2v) is 5.67. The van der Waals surface area contributed by atoms with Crippen LogP contribution in [0.3, 0.4) is 0 Å².